The molecule has 0 spiro atoms. The first-order chi connectivity index (χ1) is 7.36. The van der Waals surface area contributed by atoms with E-state index in [9.17, 15) is 4.79 Å². The second kappa shape index (κ2) is 4.45. The molecular weight excluding hydrogens is 208 g/mol. The van der Waals surface area contributed by atoms with Crippen LogP contribution in [0, 0.1) is 0 Å². The molecule has 0 aliphatic rings. The SMILES string of the molecule is COc1c(CCC=O)ccc2sccc12. The van der Waals surface area contributed by atoms with E-state index in [1.165, 1.54) is 4.70 Å². The highest BCUT2D eigenvalue weighted by molar-refractivity contribution is 7.17. The van der Waals surface area contributed by atoms with Gasteiger partial charge in [-0.2, -0.15) is 0 Å². The zero-order valence-corrected chi connectivity index (χ0v) is 9.34. The van der Waals surface area contributed by atoms with Gasteiger partial charge in [-0.15, -0.1) is 11.3 Å². The minimum Gasteiger partial charge on any atom is -0.496 e. The number of benzene rings is 1. The highest BCUT2D eigenvalue weighted by Gasteiger charge is 2.08. The number of methoxy groups -OCH3 is 1. The molecule has 0 bridgehead atoms. The molecule has 1 heterocycles. The molecule has 2 rings (SSSR count). The quantitative estimate of drug-likeness (QED) is 0.740. The van der Waals surface area contributed by atoms with Crippen LogP contribution in [0.4, 0.5) is 0 Å². The van der Waals surface area contributed by atoms with Crippen molar-refractivity contribution in [3.05, 3.63) is 29.1 Å². The van der Waals surface area contributed by atoms with Crippen molar-refractivity contribution in [2.75, 3.05) is 7.11 Å². The Bertz CT molecular complexity index is 473. The third kappa shape index (κ3) is 1.88. The molecule has 0 aliphatic heterocycles. The molecule has 0 saturated carbocycles. The molecule has 1 aromatic heterocycles. The van der Waals surface area contributed by atoms with Gasteiger partial charge in [0.25, 0.3) is 0 Å². The average molecular weight is 220 g/mol. The minimum atomic E-state index is 0.548. The van der Waals surface area contributed by atoms with Gasteiger partial charge < -0.3 is 9.53 Å². The van der Waals surface area contributed by atoms with E-state index in [-0.39, 0.29) is 0 Å². The van der Waals surface area contributed by atoms with Crippen LogP contribution in [0.5, 0.6) is 5.75 Å². The number of aldehydes is 1. The van der Waals surface area contributed by atoms with Gasteiger partial charge in [0.1, 0.15) is 12.0 Å². The Morgan fingerprint density at radius 2 is 2.27 bits per heavy atom. The van der Waals surface area contributed by atoms with Crippen LogP contribution in [-0.4, -0.2) is 13.4 Å². The summed E-state index contributed by atoms with van der Waals surface area (Å²) in [6.07, 6.45) is 2.24. The van der Waals surface area contributed by atoms with Crippen molar-refractivity contribution in [1.82, 2.24) is 0 Å². The van der Waals surface area contributed by atoms with Gasteiger partial charge in [0.15, 0.2) is 0 Å². The highest BCUT2D eigenvalue weighted by Crippen LogP contribution is 2.33. The van der Waals surface area contributed by atoms with Crippen LogP contribution in [0.1, 0.15) is 12.0 Å². The van der Waals surface area contributed by atoms with Crippen LogP contribution >= 0.6 is 11.3 Å². The molecule has 0 unspecified atom stereocenters. The van der Waals surface area contributed by atoms with E-state index in [0.717, 1.165) is 29.4 Å². The fourth-order valence-corrected chi connectivity index (χ4v) is 2.50. The molecule has 0 N–H and O–H groups in total. The summed E-state index contributed by atoms with van der Waals surface area (Å²) in [7, 11) is 1.68. The summed E-state index contributed by atoms with van der Waals surface area (Å²) in [5.74, 6) is 0.913. The van der Waals surface area contributed by atoms with Crippen molar-refractivity contribution < 1.29 is 9.53 Å². The molecule has 0 amide bonds. The lowest BCUT2D eigenvalue weighted by molar-refractivity contribution is -0.107. The summed E-state index contributed by atoms with van der Waals surface area (Å²) in [5.41, 5.74) is 1.11. The number of carbonyl (C=O) groups is 1. The molecule has 0 saturated heterocycles. The molecule has 78 valence electrons. The van der Waals surface area contributed by atoms with Crippen molar-refractivity contribution in [3.63, 3.8) is 0 Å². The zero-order valence-electron chi connectivity index (χ0n) is 8.53. The Hall–Kier alpha value is -1.35. The summed E-state index contributed by atoms with van der Waals surface area (Å²) in [6.45, 7) is 0. The highest BCUT2D eigenvalue weighted by atomic mass is 32.1. The number of aryl methyl sites for hydroxylation is 1. The molecule has 0 fully saturated rings. The maximum atomic E-state index is 10.4. The maximum Gasteiger partial charge on any atom is 0.130 e. The second-order valence-electron chi connectivity index (χ2n) is 3.30. The van der Waals surface area contributed by atoms with Crippen LogP contribution in [-0.2, 0) is 11.2 Å². The predicted molar refractivity (Wildman–Crippen MR) is 62.8 cm³/mol. The molecule has 15 heavy (non-hydrogen) atoms. The van der Waals surface area contributed by atoms with E-state index < -0.39 is 0 Å². The Morgan fingerprint density at radius 3 is 3.00 bits per heavy atom. The largest absolute Gasteiger partial charge is 0.496 e. The Labute approximate surface area is 92.5 Å². The fourth-order valence-electron chi connectivity index (χ4n) is 1.71. The van der Waals surface area contributed by atoms with Gasteiger partial charge in [-0.25, -0.2) is 0 Å². The van der Waals surface area contributed by atoms with Crippen molar-refractivity contribution in [1.29, 1.82) is 0 Å². The lowest BCUT2D eigenvalue weighted by Gasteiger charge is -2.08. The van der Waals surface area contributed by atoms with E-state index in [4.69, 9.17) is 4.74 Å². The fraction of sp³-hybridized carbons (Fsp3) is 0.250. The first-order valence-electron chi connectivity index (χ1n) is 4.83. The molecule has 0 radical (unpaired) electrons. The number of fused-ring (bicyclic) bond motifs is 1. The predicted octanol–water partition coefficient (Wildman–Crippen LogP) is 3.04. The summed E-state index contributed by atoms with van der Waals surface area (Å²) in [4.78, 5) is 10.4. The molecule has 0 atom stereocenters. The van der Waals surface area contributed by atoms with Crippen molar-refractivity contribution in [2.45, 2.75) is 12.8 Å². The van der Waals surface area contributed by atoms with Gasteiger partial charge in [-0.3, -0.25) is 0 Å². The topological polar surface area (TPSA) is 26.3 Å². The molecule has 1 aromatic carbocycles. The lowest BCUT2D eigenvalue weighted by atomic mass is 10.1. The van der Waals surface area contributed by atoms with Gasteiger partial charge in [0.05, 0.1) is 7.11 Å². The van der Waals surface area contributed by atoms with Crippen molar-refractivity contribution >= 4 is 27.7 Å². The van der Waals surface area contributed by atoms with Crippen LogP contribution in [0.2, 0.25) is 0 Å². The van der Waals surface area contributed by atoms with Crippen LogP contribution < -0.4 is 4.74 Å². The first kappa shape index (κ1) is 10.2. The number of thiophene rings is 1. The normalized spacial score (nSPS) is 10.5. The summed E-state index contributed by atoms with van der Waals surface area (Å²) >= 11 is 1.70. The summed E-state index contributed by atoms with van der Waals surface area (Å²) < 4.78 is 6.63. The number of hydrogen-bond acceptors (Lipinski definition) is 3. The molecule has 2 nitrogen and oxygen atoms in total. The van der Waals surface area contributed by atoms with Gasteiger partial charge in [0, 0.05) is 16.5 Å². The zero-order chi connectivity index (χ0) is 10.7. The van der Waals surface area contributed by atoms with Crippen LogP contribution in [0.15, 0.2) is 23.6 Å². The Morgan fingerprint density at radius 1 is 1.40 bits per heavy atom. The summed E-state index contributed by atoms with van der Waals surface area (Å²) in [5, 5.41) is 3.20. The van der Waals surface area contributed by atoms with E-state index in [2.05, 4.69) is 17.5 Å². The lowest BCUT2D eigenvalue weighted by Crippen LogP contribution is -1.93. The number of rotatable bonds is 4. The molecule has 3 heteroatoms. The van der Waals surface area contributed by atoms with Crippen LogP contribution in [0.3, 0.4) is 0 Å². The average Bonchev–Trinajstić information content (AvgIpc) is 2.73. The first-order valence-corrected chi connectivity index (χ1v) is 5.71. The third-order valence-electron chi connectivity index (χ3n) is 2.40. The minimum absolute atomic E-state index is 0.548. The standard InChI is InChI=1S/C12H12O2S/c1-14-12-9(3-2-7-13)4-5-11-10(12)6-8-15-11/h4-8H,2-3H2,1H3. The number of hydrogen-bond donors (Lipinski definition) is 0. The maximum absolute atomic E-state index is 10.4. The van der Waals surface area contributed by atoms with Crippen molar-refractivity contribution in [3.8, 4) is 5.75 Å². The van der Waals surface area contributed by atoms with Gasteiger partial charge in [0.2, 0.25) is 0 Å². The van der Waals surface area contributed by atoms with E-state index in [0.29, 0.717) is 6.42 Å². The smallest absolute Gasteiger partial charge is 0.130 e. The molecule has 2 aromatic rings. The van der Waals surface area contributed by atoms with E-state index in [1.54, 1.807) is 18.4 Å². The second-order valence-corrected chi connectivity index (χ2v) is 4.24. The number of ether oxygens (including phenoxy) is 1. The van der Waals surface area contributed by atoms with Crippen molar-refractivity contribution in [2.24, 2.45) is 0 Å². The molecular formula is C12H12O2S. The monoisotopic (exact) mass is 220 g/mol. The van der Waals surface area contributed by atoms with E-state index in [1.807, 2.05) is 6.07 Å². The number of carbonyl (C=O) groups excluding carboxylic acids is 1. The Balaban J connectivity index is 2.48. The van der Waals surface area contributed by atoms with Gasteiger partial charge in [-0.1, -0.05) is 6.07 Å². The van der Waals surface area contributed by atoms with Gasteiger partial charge in [-0.05, 0) is 29.5 Å². The summed E-state index contributed by atoms with van der Waals surface area (Å²) in [6, 6.07) is 6.19. The van der Waals surface area contributed by atoms with Crippen LogP contribution in [0.25, 0.3) is 10.1 Å². The van der Waals surface area contributed by atoms with E-state index >= 15 is 0 Å². The van der Waals surface area contributed by atoms with Gasteiger partial charge >= 0.3 is 0 Å². The molecule has 0 aliphatic carbocycles. The third-order valence-corrected chi connectivity index (χ3v) is 3.29. The Kier molecular flexibility index (Phi) is 3.02.